The van der Waals surface area contributed by atoms with Crippen LogP contribution < -0.4 is 10.6 Å². The molecule has 0 radical (unpaired) electrons. The summed E-state index contributed by atoms with van der Waals surface area (Å²) in [4.78, 5) is 12.0. The van der Waals surface area contributed by atoms with Gasteiger partial charge in [0.1, 0.15) is 11.6 Å². The van der Waals surface area contributed by atoms with Crippen LogP contribution in [-0.4, -0.2) is 25.0 Å². The van der Waals surface area contributed by atoms with E-state index in [-0.39, 0.29) is 29.0 Å². The van der Waals surface area contributed by atoms with Crippen molar-refractivity contribution < 1.29 is 13.6 Å². The Bertz CT molecular complexity index is 508. The van der Waals surface area contributed by atoms with Crippen LogP contribution in [0.2, 0.25) is 5.02 Å². The van der Waals surface area contributed by atoms with Crippen LogP contribution in [0.25, 0.3) is 0 Å². The molecule has 7 heteroatoms. The molecule has 1 saturated heterocycles. The smallest absolute Gasteiger partial charge is 0.254 e. The Morgan fingerprint density at radius 1 is 1.43 bits per heavy atom. The van der Waals surface area contributed by atoms with Gasteiger partial charge >= 0.3 is 0 Å². The Labute approximate surface area is 133 Å². The van der Waals surface area contributed by atoms with Crippen LogP contribution in [0, 0.1) is 17.6 Å². The molecule has 1 aliphatic rings. The average Bonchev–Trinajstić information content (AvgIpc) is 2.43. The summed E-state index contributed by atoms with van der Waals surface area (Å²) in [5.74, 6) is -1.93. The lowest BCUT2D eigenvalue weighted by Gasteiger charge is -2.29. The maximum atomic E-state index is 13.6. The molecule has 118 valence electrons. The number of rotatable bonds is 3. The zero-order chi connectivity index (χ0) is 14.7. The van der Waals surface area contributed by atoms with Crippen LogP contribution in [-0.2, 0) is 0 Å². The fourth-order valence-electron chi connectivity index (χ4n) is 2.40. The first-order chi connectivity index (χ1) is 9.49. The van der Waals surface area contributed by atoms with Gasteiger partial charge in [0.25, 0.3) is 5.91 Å². The van der Waals surface area contributed by atoms with Crippen molar-refractivity contribution in [1.82, 2.24) is 10.6 Å². The molecule has 0 bridgehead atoms. The van der Waals surface area contributed by atoms with Crippen LogP contribution in [0.5, 0.6) is 0 Å². The number of benzene rings is 1. The summed E-state index contributed by atoms with van der Waals surface area (Å²) in [5.41, 5.74) is -0.317. The molecule has 1 aliphatic heterocycles. The van der Waals surface area contributed by atoms with Crippen molar-refractivity contribution >= 4 is 29.9 Å². The van der Waals surface area contributed by atoms with E-state index < -0.39 is 17.5 Å². The molecule has 1 fully saturated rings. The third kappa shape index (κ3) is 4.53. The van der Waals surface area contributed by atoms with Crippen molar-refractivity contribution in [2.75, 3.05) is 13.1 Å². The van der Waals surface area contributed by atoms with Crippen molar-refractivity contribution in [1.29, 1.82) is 0 Å². The molecule has 0 aromatic heterocycles. The number of carbonyl (C=O) groups excluding carboxylic acids is 1. The lowest BCUT2D eigenvalue weighted by Crippen LogP contribution is -2.44. The predicted octanol–water partition coefficient (Wildman–Crippen LogP) is 3.16. The standard InChI is InChI=1S/C14H17ClF2N2O.ClH/c1-8(9-3-2-4-18-7-9)19-14(20)10-5-13(17)11(15)6-12(10)16;/h5-6,8-9,18H,2-4,7H2,1H3,(H,19,20);1H. The minimum Gasteiger partial charge on any atom is -0.349 e. The fourth-order valence-corrected chi connectivity index (χ4v) is 2.55. The van der Waals surface area contributed by atoms with Gasteiger partial charge in [0.15, 0.2) is 0 Å². The van der Waals surface area contributed by atoms with E-state index in [0.717, 1.165) is 38.1 Å². The number of halogens is 4. The fraction of sp³-hybridized carbons (Fsp3) is 0.500. The van der Waals surface area contributed by atoms with Crippen molar-refractivity contribution in [3.05, 3.63) is 34.4 Å². The highest BCUT2D eigenvalue weighted by Gasteiger charge is 2.23. The normalized spacial score (nSPS) is 19.5. The molecule has 2 atom stereocenters. The monoisotopic (exact) mass is 338 g/mol. The Hall–Kier alpha value is -0.910. The Balaban J connectivity index is 0.00000220. The molecule has 1 heterocycles. The maximum Gasteiger partial charge on any atom is 0.254 e. The Morgan fingerprint density at radius 2 is 2.14 bits per heavy atom. The number of carbonyl (C=O) groups is 1. The van der Waals surface area contributed by atoms with Crippen LogP contribution in [0.1, 0.15) is 30.1 Å². The van der Waals surface area contributed by atoms with Gasteiger partial charge in [-0.25, -0.2) is 8.78 Å². The van der Waals surface area contributed by atoms with Crippen molar-refractivity contribution in [2.24, 2.45) is 5.92 Å². The van der Waals surface area contributed by atoms with E-state index in [1.165, 1.54) is 0 Å². The first-order valence-corrected chi connectivity index (χ1v) is 7.03. The molecule has 2 unspecified atom stereocenters. The van der Waals surface area contributed by atoms with Gasteiger partial charge in [0.2, 0.25) is 0 Å². The molecule has 0 aliphatic carbocycles. The zero-order valence-electron chi connectivity index (χ0n) is 11.6. The van der Waals surface area contributed by atoms with Gasteiger partial charge < -0.3 is 10.6 Å². The third-order valence-electron chi connectivity index (χ3n) is 3.66. The summed E-state index contributed by atoms with van der Waals surface area (Å²) >= 11 is 5.46. The van der Waals surface area contributed by atoms with Crippen LogP contribution in [0.15, 0.2) is 12.1 Å². The second-order valence-electron chi connectivity index (χ2n) is 5.11. The molecule has 2 N–H and O–H groups in total. The molecule has 2 rings (SSSR count). The summed E-state index contributed by atoms with van der Waals surface area (Å²) in [5, 5.41) is 5.65. The van der Waals surface area contributed by atoms with Crippen LogP contribution >= 0.6 is 24.0 Å². The summed E-state index contributed by atoms with van der Waals surface area (Å²) in [6.07, 6.45) is 2.06. The SMILES string of the molecule is CC(NC(=O)c1cc(F)c(Cl)cc1F)C1CCCNC1.Cl. The third-order valence-corrected chi connectivity index (χ3v) is 3.95. The minimum absolute atomic E-state index is 0. The van der Waals surface area contributed by atoms with Gasteiger partial charge in [-0.2, -0.15) is 0 Å². The Kier molecular flexibility index (Phi) is 6.84. The summed E-state index contributed by atoms with van der Waals surface area (Å²) in [6, 6.07) is 1.55. The van der Waals surface area contributed by atoms with E-state index in [9.17, 15) is 13.6 Å². The molecular weight excluding hydrogens is 321 g/mol. The van der Waals surface area contributed by atoms with E-state index in [1.807, 2.05) is 6.92 Å². The topological polar surface area (TPSA) is 41.1 Å². The molecule has 21 heavy (non-hydrogen) atoms. The van der Waals surface area contributed by atoms with Crippen molar-refractivity contribution in [2.45, 2.75) is 25.8 Å². The second kappa shape index (κ2) is 7.92. The number of hydrogen-bond donors (Lipinski definition) is 2. The maximum absolute atomic E-state index is 13.6. The number of nitrogens with one attached hydrogen (secondary N) is 2. The molecule has 1 aromatic rings. The molecule has 1 amide bonds. The quantitative estimate of drug-likeness (QED) is 0.831. The largest absolute Gasteiger partial charge is 0.349 e. The highest BCUT2D eigenvalue weighted by molar-refractivity contribution is 6.30. The lowest BCUT2D eigenvalue weighted by atomic mass is 9.92. The summed E-state index contributed by atoms with van der Waals surface area (Å²) in [7, 11) is 0. The van der Waals surface area contributed by atoms with Gasteiger partial charge in [0.05, 0.1) is 10.6 Å². The Morgan fingerprint density at radius 3 is 2.76 bits per heavy atom. The van der Waals surface area contributed by atoms with Crippen molar-refractivity contribution in [3.8, 4) is 0 Å². The van der Waals surface area contributed by atoms with E-state index in [1.54, 1.807) is 0 Å². The van der Waals surface area contributed by atoms with Gasteiger partial charge in [-0.1, -0.05) is 11.6 Å². The highest BCUT2D eigenvalue weighted by Crippen LogP contribution is 2.20. The first-order valence-electron chi connectivity index (χ1n) is 6.65. The summed E-state index contributed by atoms with van der Waals surface area (Å²) in [6.45, 7) is 3.67. The van der Waals surface area contributed by atoms with E-state index in [0.29, 0.717) is 5.92 Å². The molecular formula is C14H18Cl2F2N2O. The predicted molar refractivity (Wildman–Crippen MR) is 81.1 cm³/mol. The molecule has 1 aromatic carbocycles. The van der Waals surface area contributed by atoms with Crippen LogP contribution in [0.3, 0.4) is 0 Å². The second-order valence-corrected chi connectivity index (χ2v) is 5.52. The summed E-state index contributed by atoms with van der Waals surface area (Å²) < 4.78 is 27.0. The van der Waals surface area contributed by atoms with Gasteiger partial charge in [-0.05, 0) is 50.9 Å². The first kappa shape index (κ1) is 18.1. The highest BCUT2D eigenvalue weighted by atomic mass is 35.5. The van der Waals surface area contributed by atoms with Crippen molar-refractivity contribution in [3.63, 3.8) is 0 Å². The van der Waals surface area contributed by atoms with Gasteiger partial charge in [0, 0.05) is 6.04 Å². The van der Waals surface area contributed by atoms with E-state index in [2.05, 4.69) is 10.6 Å². The molecule has 3 nitrogen and oxygen atoms in total. The number of piperidine rings is 1. The molecule has 0 spiro atoms. The number of amides is 1. The zero-order valence-corrected chi connectivity index (χ0v) is 13.2. The average molecular weight is 339 g/mol. The lowest BCUT2D eigenvalue weighted by molar-refractivity contribution is 0.0917. The minimum atomic E-state index is -0.817. The van der Waals surface area contributed by atoms with Gasteiger partial charge in [-0.15, -0.1) is 12.4 Å². The number of hydrogen-bond acceptors (Lipinski definition) is 2. The van der Waals surface area contributed by atoms with E-state index >= 15 is 0 Å². The molecule has 0 saturated carbocycles. The van der Waals surface area contributed by atoms with Crippen LogP contribution in [0.4, 0.5) is 8.78 Å². The van der Waals surface area contributed by atoms with Gasteiger partial charge in [-0.3, -0.25) is 4.79 Å². The van der Waals surface area contributed by atoms with E-state index in [4.69, 9.17) is 11.6 Å².